The SMILES string of the molecule is C=C1CCCC(Cl)C1Cl. The fraction of sp³-hybridized carbons (Fsp3) is 0.714. The Morgan fingerprint density at radius 3 is 2.56 bits per heavy atom. The van der Waals surface area contributed by atoms with Gasteiger partial charge < -0.3 is 0 Å². The van der Waals surface area contributed by atoms with Gasteiger partial charge in [0.15, 0.2) is 0 Å². The summed E-state index contributed by atoms with van der Waals surface area (Å²) in [5.74, 6) is 0. The Bertz CT molecular complexity index is 120. The first-order valence-electron chi connectivity index (χ1n) is 3.17. The van der Waals surface area contributed by atoms with Gasteiger partial charge >= 0.3 is 0 Å². The molecule has 0 nitrogen and oxygen atoms in total. The lowest BCUT2D eigenvalue weighted by molar-refractivity contribution is 0.614. The van der Waals surface area contributed by atoms with Crippen LogP contribution in [0.15, 0.2) is 12.2 Å². The van der Waals surface area contributed by atoms with E-state index in [0.29, 0.717) is 0 Å². The van der Waals surface area contributed by atoms with Crippen molar-refractivity contribution >= 4 is 23.2 Å². The summed E-state index contributed by atoms with van der Waals surface area (Å²) >= 11 is 11.8. The van der Waals surface area contributed by atoms with Crippen LogP contribution < -0.4 is 0 Å². The molecule has 0 radical (unpaired) electrons. The summed E-state index contributed by atoms with van der Waals surface area (Å²) in [6.45, 7) is 3.83. The molecule has 52 valence electrons. The summed E-state index contributed by atoms with van der Waals surface area (Å²) in [5.41, 5.74) is 1.10. The van der Waals surface area contributed by atoms with Crippen LogP contribution >= 0.6 is 23.2 Å². The first-order chi connectivity index (χ1) is 4.22. The molecule has 0 N–H and O–H groups in total. The lowest BCUT2D eigenvalue weighted by atomic mass is 9.95. The number of hydrogen-bond acceptors (Lipinski definition) is 0. The van der Waals surface area contributed by atoms with Crippen LogP contribution in [0.2, 0.25) is 0 Å². The number of allylic oxidation sites excluding steroid dienone is 1. The molecule has 1 aliphatic carbocycles. The molecule has 0 aromatic rings. The second-order valence-corrected chi connectivity index (χ2v) is 3.50. The number of hydrogen-bond donors (Lipinski definition) is 0. The molecule has 1 rings (SSSR count). The van der Waals surface area contributed by atoms with Gasteiger partial charge in [-0.05, 0) is 19.3 Å². The molecular formula is C7H10Cl2. The lowest BCUT2D eigenvalue weighted by Crippen LogP contribution is -2.21. The standard InChI is InChI=1S/C7H10Cl2/c1-5-3-2-4-6(8)7(5)9/h6-7H,1-4H2. The molecule has 2 heteroatoms. The van der Waals surface area contributed by atoms with E-state index in [4.69, 9.17) is 23.2 Å². The first kappa shape index (κ1) is 7.43. The third-order valence-corrected chi connectivity index (χ3v) is 2.90. The molecule has 2 unspecified atom stereocenters. The summed E-state index contributed by atoms with van der Waals surface area (Å²) in [7, 11) is 0. The van der Waals surface area contributed by atoms with Crippen molar-refractivity contribution in [3.8, 4) is 0 Å². The molecular weight excluding hydrogens is 155 g/mol. The second-order valence-electron chi connectivity index (χ2n) is 2.47. The normalized spacial score (nSPS) is 36.9. The number of halogens is 2. The Kier molecular flexibility index (Phi) is 2.42. The molecule has 0 aromatic heterocycles. The van der Waals surface area contributed by atoms with Gasteiger partial charge in [-0.25, -0.2) is 0 Å². The Morgan fingerprint density at radius 1 is 1.44 bits per heavy atom. The minimum Gasteiger partial charge on any atom is -0.121 e. The Balaban J connectivity index is 2.51. The highest BCUT2D eigenvalue weighted by atomic mass is 35.5. The highest BCUT2D eigenvalue weighted by molar-refractivity contribution is 6.31. The van der Waals surface area contributed by atoms with Gasteiger partial charge in [0.1, 0.15) is 0 Å². The third-order valence-electron chi connectivity index (χ3n) is 1.69. The van der Waals surface area contributed by atoms with Crippen LogP contribution in [-0.4, -0.2) is 10.8 Å². The van der Waals surface area contributed by atoms with Gasteiger partial charge in [-0.15, -0.1) is 23.2 Å². The summed E-state index contributed by atoms with van der Waals surface area (Å²) < 4.78 is 0. The summed E-state index contributed by atoms with van der Waals surface area (Å²) in [6.07, 6.45) is 3.24. The minimum absolute atomic E-state index is 0.0143. The summed E-state index contributed by atoms with van der Waals surface area (Å²) in [6, 6.07) is 0. The largest absolute Gasteiger partial charge is 0.121 e. The summed E-state index contributed by atoms with van der Waals surface area (Å²) in [4.78, 5) is 0. The minimum atomic E-state index is 0.0143. The molecule has 9 heavy (non-hydrogen) atoms. The fourth-order valence-corrected chi connectivity index (χ4v) is 1.63. The maximum Gasteiger partial charge on any atom is 0.0706 e. The van der Waals surface area contributed by atoms with Gasteiger partial charge in [0.2, 0.25) is 0 Å². The van der Waals surface area contributed by atoms with Crippen molar-refractivity contribution in [1.29, 1.82) is 0 Å². The topological polar surface area (TPSA) is 0 Å². The van der Waals surface area contributed by atoms with Gasteiger partial charge in [0.25, 0.3) is 0 Å². The molecule has 0 spiro atoms. The molecule has 0 saturated heterocycles. The smallest absolute Gasteiger partial charge is 0.0706 e. The van der Waals surface area contributed by atoms with E-state index in [1.54, 1.807) is 0 Å². The van der Waals surface area contributed by atoms with Crippen LogP contribution in [0.1, 0.15) is 19.3 Å². The highest BCUT2D eigenvalue weighted by Gasteiger charge is 2.23. The maximum absolute atomic E-state index is 5.89. The zero-order valence-electron chi connectivity index (χ0n) is 5.24. The lowest BCUT2D eigenvalue weighted by Gasteiger charge is -2.23. The van der Waals surface area contributed by atoms with Crippen molar-refractivity contribution < 1.29 is 0 Å². The van der Waals surface area contributed by atoms with E-state index < -0.39 is 0 Å². The number of alkyl halides is 2. The van der Waals surface area contributed by atoms with Crippen LogP contribution in [0.25, 0.3) is 0 Å². The monoisotopic (exact) mass is 164 g/mol. The molecule has 1 fully saturated rings. The molecule has 0 aromatic carbocycles. The van der Waals surface area contributed by atoms with Crippen molar-refractivity contribution in [2.45, 2.75) is 30.0 Å². The van der Waals surface area contributed by atoms with Crippen LogP contribution in [0, 0.1) is 0 Å². The summed E-state index contributed by atoms with van der Waals surface area (Å²) in [5, 5.41) is 0.133. The Labute approximate surface area is 65.8 Å². The molecule has 0 bridgehead atoms. The van der Waals surface area contributed by atoms with Gasteiger partial charge in [-0.3, -0.25) is 0 Å². The van der Waals surface area contributed by atoms with Crippen LogP contribution in [0.3, 0.4) is 0 Å². The molecule has 2 atom stereocenters. The predicted molar refractivity (Wildman–Crippen MR) is 42.3 cm³/mol. The zero-order valence-corrected chi connectivity index (χ0v) is 6.75. The maximum atomic E-state index is 5.89. The predicted octanol–water partition coefficient (Wildman–Crippen LogP) is 2.94. The van der Waals surface area contributed by atoms with E-state index in [0.717, 1.165) is 24.8 Å². The quantitative estimate of drug-likeness (QED) is 0.382. The molecule has 1 aliphatic rings. The van der Waals surface area contributed by atoms with Crippen LogP contribution in [-0.2, 0) is 0 Å². The first-order valence-corrected chi connectivity index (χ1v) is 4.05. The number of rotatable bonds is 0. The van der Waals surface area contributed by atoms with E-state index in [1.165, 1.54) is 0 Å². The Hall–Kier alpha value is 0.320. The molecule has 0 aliphatic heterocycles. The van der Waals surface area contributed by atoms with Crippen molar-refractivity contribution in [3.05, 3.63) is 12.2 Å². The highest BCUT2D eigenvalue weighted by Crippen LogP contribution is 2.30. The average Bonchev–Trinajstić information content (AvgIpc) is 1.83. The van der Waals surface area contributed by atoms with Crippen LogP contribution in [0.5, 0.6) is 0 Å². The van der Waals surface area contributed by atoms with Crippen molar-refractivity contribution in [2.24, 2.45) is 0 Å². The average molecular weight is 165 g/mol. The van der Waals surface area contributed by atoms with Crippen molar-refractivity contribution in [2.75, 3.05) is 0 Å². The molecule has 1 saturated carbocycles. The van der Waals surface area contributed by atoms with E-state index in [9.17, 15) is 0 Å². The zero-order chi connectivity index (χ0) is 6.85. The van der Waals surface area contributed by atoms with Crippen LogP contribution in [0.4, 0.5) is 0 Å². The van der Waals surface area contributed by atoms with Gasteiger partial charge in [0.05, 0.1) is 10.8 Å². The fourth-order valence-electron chi connectivity index (χ4n) is 1.06. The van der Waals surface area contributed by atoms with Crippen molar-refractivity contribution in [3.63, 3.8) is 0 Å². The van der Waals surface area contributed by atoms with Gasteiger partial charge in [-0.2, -0.15) is 0 Å². The van der Waals surface area contributed by atoms with Crippen molar-refractivity contribution in [1.82, 2.24) is 0 Å². The van der Waals surface area contributed by atoms with E-state index in [-0.39, 0.29) is 10.8 Å². The van der Waals surface area contributed by atoms with E-state index >= 15 is 0 Å². The van der Waals surface area contributed by atoms with E-state index in [2.05, 4.69) is 6.58 Å². The molecule has 0 amide bonds. The van der Waals surface area contributed by atoms with E-state index in [1.807, 2.05) is 0 Å². The Morgan fingerprint density at radius 2 is 2.11 bits per heavy atom. The van der Waals surface area contributed by atoms with Gasteiger partial charge in [0, 0.05) is 0 Å². The second kappa shape index (κ2) is 2.94. The van der Waals surface area contributed by atoms with Gasteiger partial charge in [-0.1, -0.05) is 12.2 Å². The molecule has 0 heterocycles. The third kappa shape index (κ3) is 1.62.